The summed E-state index contributed by atoms with van der Waals surface area (Å²) in [6.45, 7) is -0.426. The molecule has 162 valence electrons. The maximum Gasteiger partial charge on any atom is 0.341 e. The van der Waals surface area contributed by atoms with Gasteiger partial charge < -0.3 is 24.6 Å². The van der Waals surface area contributed by atoms with Gasteiger partial charge in [-0.2, -0.15) is 5.26 Å². The maximum atomic E-state index is 10.7. The first kappa shape index (κ1) is 20.6. The van der Waals surface area contributed by atoms with Gasteiger partial charge in [0.2, 0.25) is 0 Å². The van der Waals surface area contributed by atoms with Gasteiger partial charge in [-0.05, 0) is 36.4 Å². The molecule has 10 heteroatoms. The summed E-state index contributed by atoms with van der Waals surface area (Å²) >= 11 is 0. The fraction of sp³-hybridized carbons (Fsp3) is 0.136. The number of nitriles is 1. The number of rotatable bonds is 8. The van der Waals surface area contributed by atoms with Gasteiger partial charge in [0.1, 0.15) is 23.1 Å². The van der Waals surface area contributed by atoms with Crippen molar-refractivity contribution in [2.45, 2.75) is 0 Å². The molecule has 4 rings (SSSR count). The third-order valence-corrected chi connectivity index (χ3v) is 4.71. The van der Waals surface area contributed by atoms with E-state index < -0.39 is 12.6 Å². The van der Waals surface area contributed by atoms with E-state index in [-0.39, 0.29) is 0 Å². The molecule has 0 aliphatic rings. The SMILES string of the molecule is COc1ccc(Nc2c(-c3ccc(OCC(=O)O)cc3)nc3c(C#N)c[nH]n23)cc1OC. The summed E-state index contributed by atoms with van der Waals surface area (Å²) in [4.78, 5) is 15.3. The predicted molar refractivity (Wildman–Crippen MR) is 116 cm³/mol. The third kappa shape index (κ3) is 3.87. The molecule has 0 radical (unpaired) electrons. The fourth-order valence-electron chi connectivity index (χ4n) is 3.22. The number of methoxy groups -OCH3 is 2. The second-order valence-electron chi connectivity index (χ2n) is 6.67. The molecule has 0 atom stereocenters. The quantitative estimate of drug-likeness (QED) is 0.385. The van der Waals surface area contributed by atoms with Crippen molar-refractivity contribution in [2.75, 3.05) is 26.1 Å². The molecule has 2 aromatic carbocycles. The highest BCUT2D eigenvalue weighted by molar-refractivity contribution is 5.81. The van der Waals surface area contributed by atoms with E-state index in [0.717, 1.165) is 11.3 Å². The summed E-state index contributed by atoms with van der Waals surface area (Å²) in [6, 6.07) is 14.4. The summed E-state index contributed by atoms with van der Waals surface area (Å²) in [5.74, 6) is 1.13. The highest BCUT2D eigenvalue weighted by Crippen LogP contribution is 2.35. The van der Waals surface area contributed by atoms with Gasteiger partial charge in [-0.15, -0.1) is 0 Å². The largest absolute Gasteiger partial charge is 0.493 e. The number of nitrogens with one attached hydrogen (secondary N) is 2. The molecule has 0 saturated heterocycles. The first-order valence-electron chi connectivity index (χ1n) is 9.48. The van der Waals surface area contributed by atoms with Crippen LogP contribution in [0.1, 0.15) is 5.56 Å². The number of anilines is 2. The van der Waals surface area contributed by atoms with E-state index >= 15 is 0 Å². The lowest BCUT2D eigenvalue weighted by molar-refractivity contribution is -0.139. The lowest BCUT2D eigenvalue weighted by Gasteiger charge is -2.12. The Hall–Kier alpha value is -4.65. The van der Waals surface area contributed by atoms with Crippen molar-refractivity contribution in [3.8, 4) is 34.6 Å². The van der Waals surface area contributed by atoms with E-state index in [1.165, 1.54) is 0 Å². The van der Waals surface area contributed by atoms with E-state index in [1.54, 1.807) is 61.3 Å². The molecule has 2 heterocycles. The van der Waals surface area contributed by atoms with Crippen LogP contribution in [0.25, 0.3) is 16.9 Å². The first-order valence-corrected chi connectivity index (χ1v) is 9.48. The Balaban J connectivity index is 1.75. The number of ether oxygens (including phenoxy) is 3. The Morgan fingerprint density at radius 2 is 1.94 bits per heavy atom. The number of aromatic nitrogens is 3. The number of H-pyrrole nitrogens is 1. The van der Waals surface area contributed by atoms with Gasteiger partial charge in [0.05, 0.1) is 14.2 Å². The predicted octanol–water partition coefficient (Wildman–Crippen LogP) is 3.43. The van der Waals surface area contributed by atoms with Gasteiger partial charge >= 0.3 is 5.97 Å². The minimum atomic E-state index is -1.05. The maximum absolute atomic E-state index is 10.7. The molecule has 2 aromatic heterocycles. The molecular formula is C22H19N5O5. The average molecular weight is 433 g/mol. The van der Waals surface area contributed by atoms with Gasteiger partial charge in [-0.1, -0.05) is 0 Å². The second-order valence-corrected chi connectivity index (χ2v) is 6.67. The molecular weight excluding hydrogens is 414 g/mol. The van der Waals surface area contributed by atoms with Crippen LogP contribution in [-0.2, 0) is 4.79 Å². The average Bonchev–Trinajstić information content (AvgIpc) is 3.37. The van der Waals surface area contributed by atoms with Crippen LogP contribution in [0.2, 0.25) is 0 Å². The highest BCUT2D eigenvalue weighted by Gasteiger charge is 2.19. The van der Waals surface area contributed by atoms with E-state index in [9.17, 15) is 10.1 Å². The van der Waals surface area contributed by atoms with Crippen molar-refractivity contribution < 1.29 is 24.1 Å². The Labute approximate surface area is 182 Å². The molecule has 3 N–H and O–H groups in total. The Bertz CT molecular complexity index is 1320. The number of benzene rings is 2. The van der Waals surface area contributed by atoms with Crippen molar-refractivity contribution in [1.29, 1.82) is 5.26 Å². The fourth-order valence-corrected chi connectivity index (χ4v) is 3.22. The molecule has 0 aliphatic heterocycles. The van der Waals surface area contributed by atoms with E-state index in [0.29, 0.717) is 40.0 Å². The van der Waals surface area contributed by atoms with Crippen LogP contribution >= 0.6 is 0 Å². The number of hydrogen-bond acceptors (Lipinski definition) is 7. The number of aliphatic carboxylic acids is 1. The second kappa shape index (κ2) is 8.61. The van der Waals surface area contributed by atoms with Crippen molar-refractivity contribution in [3.63, 3.8) is 0 Å². The number of aromatic amines is 1. The molecule has 10 nitrogen and oxygen atoms in total. The number of fused-ring (bicyclic) bond motifs is 1. The van der Waals surface area contributed by atoms with Crippen LogP contribution in [0.3, 0.4) is 0 Å². The molecule has 0 amide bonds. The number of nitrogens with zero attached hydrogens (tertiary/aromatic N) is 3. The normalized spacial score (nSPS) is 10.5. The van der Waals surface area contributed by atoms with Gasteiger partial charge in [-0.25, -0.2) is 14.3 Å². The Morgan fingerprint density at radius 3 is 2.59 bits per heavy atom. The first-order chi connectivity index (χ1) is 15.5. The number of carboxylic acids is 1. The summed E-state index contributed by atoms with van der Waals surface area (Å²) in [5.41, 5.74) is 2.93. The van der Waals surface area contributed by atoms with Crippen LogP contribution in [-0.4, -0.2) is 46.5 Å². The van der Waals surface area contributed by atoms with Crippen LogP contribution in [0, 0.1) is 11.3 Å². The van der Waals surface area contributed by atoms with E-state index in [4.69, 9.17) is 19.3 Å². The van der Waals surface area contributed by atoms with Crippen molar-refractivity contribution in [3.05, 3.63) is 54.2 Å². The number of carbonyl (C=O) groups is 1. The van der Waals surface area contributed by atoms with Gasteiger partial charge in [0, 0.05) is 23.5 Å². The summed E-state index contributed by atoms with van der Waals surface area (Å²) in [7, 11) is 3.12. The smallest absolute Gasteiger partial charge is 0.341 e. The van der Waals surface area contributed by atoms with Crippen LogP contribution in [0.15, 0.2) is 48.7 Å². The standard InChI is InChI=1S/C22H19N5O5/c1-30-17-8-5-15(9-18(17)31-2)25-22-20(26-21-14(10-23)11-24-27(21)22)13-3-6-16(7-4-13)32-12-19(28)29/h3-9,11,24-25H,12H2,1-2H3,(H,28,29). The number of hydrogen-bond donors (Lipinski definition) is 3. The van der Waals surface area contributed by atoms with E-state index in [2.05, 4.69) is 21.5 Å². The molecule has 0 spiro atoms. The van der Waals surface area contributed by atoms with Crippen molar-refractivity contribution >= 4 is 23.1 Å². The molecule has 4 aromatic rings. The molecule has 0 unspecified atom stereocenters. The zero-order chi connectivity index (χ0) is 22.7. The van der Waals surface area contributed by atoms with E-state index in [1.807, 2.05) is 6.07 Å². The van der Waals surface area contributed by atoms with Crippen LogP contribution in [0.4, 0.5) is 11.5 Å². The minimum absolute atomic E-state index is 0.396. The Morgan fingerprint density at radius 1 is 1.19 bits per heavy atom. The van der Waals surface area contributed by atoms with Crippen molar-refractivity contribution in [2.24, 2.45) is 0 Å². The van der Waals surface area contributed by atoms with Gasteiger partial charge in [0.25, 0.3) is 0 Å². The molecule has 0 aliphatic carbocycles. The van der Waals surface area contributed by atoms with Crippen LogP contribution < -0.4 is 19.5 Å². The van der Waals surface area contributed by atoms with Crippen molar-refractivity contribution in [1.82, 2.24) is 14.6 Å². The number of imidazole rings is 1. The lowest BCUT2D eigenvalue weighted by atomic mass is 10.1. The zero-order valence-electron chi connectivity index (χ0n) is 17.2. The molecule has 32 heavy (non-hydrogen) atoms. The highest BCUT2D eigenvalue weighted by atomic mass is 16.5. The third-order valence-electron chi connectivity index (χ3n) is 4.71. The Kier molecular flexibility index (Phi) is 5.55. The van der Waals surface area contributed by atoms with Gasteiger partial charge in [0.15, 0.2) is 29.6 Å². The minimum Gasteiger partial charge on any atom is -0.493 e. The summed E-state index contributed by atoms with van der Waals surface area (Å²) in [5, 5.41) is 24.5. The molecule has 0 fully saturated rings. The topological polar surface area (TPSA) is 134 Å². The van der Waals surface area contributed by atoms with Crippen LogP contribution in [0.5, 0.6) is 17.2 Å². The summed E-state index contributed by atoms with van der Waals surface area (Å²) in [6.07, 6.45) is 1.58. The number of carboxylic acid groups (broad SMARTS) is 1. The lowest BCUT2D eigenvalue weighted by Crippen LogP contribution is -2.09. The summed E-state index contributed by atoms with van der Waals surface area (Å²) < 4.78 is 17.5. The van der Waals surface area contributed by atoms with Gasteiger partial charge in [-0.3, -0.25) is 5.10 Å². The molecule has 0 bridgehead atoms. The monoisotopic (exact) mass is 433 g/mol. The zero-order valence-corrected chi connectivity index (χ0v) is 17.2. The molecule has 0 saturated carbocycles.